The Morgan fingerprint density at radius 2 is 2.05 bits per heavy atom. The second kappa shape index (κ2) is 10.1. The van der Waals surface area contributed by atoms with Crippen LogP contribution in [0.15, 0.2) is 24.3 Å². The molecule has 3 aliphatic heterocycles. The highest BCUT2D eigenvalue weighted by Crippen LogP contribution is 2.44. The van der Waals surface area contributed by atoms with Crippen molar-refractivity contribution >= 4 is 27.5 Å². The zero-order chi connectivity index (χ0) is 30.0. The molecule has 0 amide bonds. The van der Waals surface area contributed by atoms with E-state index >= 15 is 4.39 Å². The van der Waals surface area contributed by atoms with Crippen molar-refractivity contribution in [3.05, 3.63) is 41.5 Å². The zero-order valence-electron chi connectivity index (χ0n) is 23.3. The van der Waals surface area contributed by atoms with Crippen molar-refractivity contribution in [1.29, 1.82) is 0 Å². The molecule has 4 aromatic rings. The zero-order valence-corrected chi connectivity index (χ0v) is 23.3. The quantitative estimate of drug-likeness (QED) is 0.334. The number of aliphatic hydroxyl groups is 1. The first-order valence-electron chi connectivity index (χ1n) is 14.0. The number of aliphatic hydroxyl groups excluding tert-OH is 1. The Balaban J connectivity index is 1.43. The van der Waals surface area contributed by atoms with E-state index in [0.717, 1.165) is 19.4 Å². The van der Waals surface area contributed by atoms with E-state index in [1.807, 2.05) is 0 Å². The number of anilines is 1. The molecule has 9 nitrogen and oxygen atoms in total. The number of likely N-dealkylation sites (N-methyl/N-ethyl adjacent to an activating group) is 1. The van der Waals surface area contributed by atoms with Gasteiger partial charge >= 0.3 is 6.01 Å². The summed E-state index contributed by atoms with van der Waals surface area (Å²) < 4.78 is 57.9. The molecule has 2 aromatic heterocycles. The third kappa shape index (κ3) is 4.29. The smallest absolute Gasteiger partial charge is 0.319 e. The lowest BCUT2D eigenvalue weighted by atomic mass is 9.95. The van der Waals surface area contributed by atoms with Gasteiger partial charge in [-0.2, -0.15) is 9.97 Å². The summed E-state index contributed by atoms with van der Waals surface area (Å²) in [5.41, 5.74) is -1.02. The molecule has 2 aromatic carbocycles. The Hall–Kier alpha value is -4.34. The average molecular weight is 592 g/mol. The molecule has 222 valence electrons. The Morgan fingerprint density at radius 3 is 2.84 bits per heavy atom. The molecule has 2 N–H and O–H groups in total. The summed E-state index contributed by atoms with van der Waals surface area (Å²) in [6.45, 7) is 0.942. The topological polar surface area (TPSA) is 104 Å². The predicted molar refractivity (Wildman–Crippen MR) is 153 cm³/mol. The van der Waals surface area contributed by atoms with Crippen LogP contribution in [0.5, 0.6) is 17.6 Å². The summed E-state index contributed by atoms with van der Waals surface area (Å²) in [6.07, 6.45) is 6.71. The van der Waals surface area contributed by atoms with Crippen LogP contribution in [0.2, 0.25) is 0 Å². The molecule has 0 aliphatic carbocycles. The first-order chi connectivity index (χ1) is 20.7. The van der Waals surface area contributed by atoms with Gasteiger partial charge in [-0.15, -0.1) is 6.42 Å². The largest absolute Gasteiger partial charge is 0.508 e. The first-order valence-corrected chi connectivity index (χ1v) is 14.0. The van der Waals surface area contributed by atoms with E-state index in [1.54, 1.807) is 11.9 Å². The van der Waals surface area contributed by atoms with Crippen LogP contribution in [-0.2, 0) is 0 Å². The molecule has 5 heterocycles. The van der Waals surface area contributed by atoms with Crippen LogP contribution in [0, 0.1) is 24.0 Å². The third-order valence-electron chi connectivity index (χ3n) is 8.90. The molecule has 2 saturated heterocycles. The van der Waals surface area contributed by atoms with Crippen molar-refractivity contribution in [3.63, 3.8) is 0 Å². The van der Waals surface area contributed by atoms with Crippen molar-refractivity contribution < 1.29 is 32.9 Å². The van der Waals surface area contributed by atoms with E-state index in [0.29, 0.717) is 18.4 Å². The lowest BCUT2D eigenvalue weighted by molar-refractivity contribution is 0.107. The van der Waals surface area contributed by atoms with Crippen LogP contribution in [0.25, 0.3) is 32.9 Å². The van der Waals surface area contributed by atoms with Gasteiger partial charge in [-0.3, -0.25) is 4.90 Å². The van der Waals surface area contributed by atoms with Gasteiger partial charge in [0.05, 0.1) is 23.8 Å². The highest BCUT2D eigenvalue weighted by molar-refractivity contribution is 6.04. The molecular weight excluding hydrogens is 563 g/mol. The maximum Gasteiger partial charge on any atom is 0.319 e. The molecule has 0 spiro atoms. The molecule has 3 atom stereocenters. The number of aromatic hydroxyl groups is 1. The number of terminal acetylenes is 1. The minimum absolute atomic E-state index is 0.00625. The molecule has 12 heteroatoms. The van der Waals surface area contributed by atoms with Crippen molar-refractivity contribution in [2.45, 2.75) is 37.0 Å². The van der Waals surface area contributed by atoms with E-state index in [9.17, 15) is 19.0 Å². The monoisotopic (exact) mass is 591 g/mol. The van der Waals surface area contributed by atoms with Crippen LogP contribution in [0.4, 0.5) is 19.0 Å². The number of ether oxygens (including phenoxy) is 2. The van der Waals surface area contributed by atoms with E-state index in [2.05, 4.69) is 25.8 Å². The summed E-state index contributed by atoms with van der Waals surface area (Å²) in [5.74, 6) is 0.761. The third-order valence-corrected chi connectivity index (χ3v) is 8.90. The molecule has 1 unspecified atom stereocenters. The van der Waals surface area contributed by atoms with Gasteiger partial charge in [-0.1, -0.05) is 12.0 Å². The normalized spacial score (nSPS) is 23.3. The van der Waals surface area contributed by atoms with E-state index < -0.39 is 29.4 Å². The maximum absolute atomic E-state index is 16.7. The van der Waals surface area contributed by atoms with Gasteiger partial charge in [-0.05, 0) is 43.0 Å². The summed E-state index contributed by atoms with van der Waals surface area (Å²) in [6, 6.07) is 4.58. The van der Waals surface area contributed by atoms with E-state index in [-0.39, 0.29) is 76.4 Å². The fourth-order valence-corrected chi connectivity index (χ4v) is 6.74. The number of hydrogen-bond acceptors (Lipinski definition) is 9. The fraction of sp³-hybridized carbons (Fsp3) is 0.387. The van der Waals surface area contributed by atoms with Gasteiger partial charge in [0.25, 0.3) is 0 Å². The molecule has 2 fully saturated rings. The Kier molecular flexibility index (Phi) is 6.48. The molecule has 0 radical (unpaired) electrons. The number of pyridine rings is 1. The molecule has 3 aliphatic rings. The second-order valence-corrected chi connectivity index (χ2v) is 11.4. The highest BCUT2D eigenvalue weighted by Gasteiger charge is 2.49. The van der Waals surface area contributed by atoms with Crippen LogP contribution in [0.3, 0.4) is 0 Å². The van der Waals surface area contributed by atoms with Crippen molar-refractivity contribution in [2.75, 3.05) is 44.9 Å². The van der Waals surface area contributed by atoms with E-state index in [1.165, 1.54) is 24.3 Å². The number of alkyl halides is 1. The van der Waals surface area contributed by atoms with Crippen molar-refractivity contribution in [3.8, 4) is 41.2 Å². The summed E-state index contributed by atoms with van der Waals surface area (Å²) in [4.78, 5) is 17.2. The molecule has 0 bridgehead atoms. The number of halogens is 3. The highest BCUT2D eigenvalue weighted by atomic mass is 19.1. The molecule has 43 heavy (non-hydrogen) atoms. The summed E-state index contributed by atoms with van der Waals surface area (Å²) in [5, 5.41) is 21.3. The van der Waals surface area contributed by atoms with Crippen LogP contribution < -0.4 is 14.4 Å². The standard InChI is InChI=1S/C31H28F3N5O4/c1-3-20-22(33)6-5-16-9-19(41)10-21(23(16)20)26-25(34)27-24-28(38(2)18(13-40)14-42-29(24)35-26)37-30(36-27)43-15-31-7-4-8-39(31)12-17(32)11-31/h1,5-6,9-10,17-18,40-41H,4,7-8,11-15H2,2H3/t17-,18?,31+/m1/s1. The van der Waals surface area contributed by atoms with Gasteiger partial charge in [0.1, 0.15) is 53.4 Å². The second-order valence-electron chi connectivity index (χ2n) is 11.4. The lowest BCUT2D eigenvalue weighted by Crippen LogP contribution is -2.43. The molecular formula is C31H28F3N5O4. The number of hydrogen-bond donors (Lipinski definition) is 2. The average Bonchev–Trinajstić information content (AvgIpc) is 3.48. The Morgan fingerprint density at radius 1 is 1.21 bits per heavy atom. The first kappa shape index (κ1) is 27.5. The molecule has 0 saturated carbocycles. The van der Waals surface area contributed by atoms with Gasteiger partial charge < -0.3 is 24.6 Å². The lowest BCUT2D eigenvalue weighted by Gasteiger charge is -2.31. The number of benzene rings is 2. The van der Waals surface area contributed by atoms with Crippen LogP contribution >= 0.6 is 0 Å². The maximum atomic E-state index is 16.7. The molecule has 7 rings (SSSR count). The SMILES string of the molecule is C#Cc1c(F)ccc2cc(O)cc(-c3nc4c5c(nc(OC[C@@]67CCCN6C[C@H](F)C7)nc5c3F)N(C)C(CO)CO4)c12. The van der Waals surface area contributed by atoms with Gasteiger partial charge in [0.2, 0.25) is 5.88 Å². The van der Waals surface area contributed by atoms with Crippen LogP contribution in [-0.4, -0.2) is 87.8 Å². The number of nitrogens with zero attached hydrogens (tertiary/aromatic N) is 5. The van der Waals surface area contributed by atoms with Crippen molar-refractivity contribution in [2.24, 2.45) is 0 Å². The summed E-state index contributed by atoms with van der Waals surface area (Å²) >= 11 is 0. The number of phenols is 1. The fourth-order valence-electron chi connectivity index (χ4n) is 6.74. The Bertz CT molecular complexity index is 1830. The number of phenolic OH excluding ortho intramolecular Hbond substituents is 1. The summed E-state index contributed by atoms with van der Waals surface area (Å²) in [7, 11) is 1.68. The van der Waals surface area contributed by atoms with Crippen LogP contribution in [0.1, 0.15) is 24.8 Å². The van der Waals surface area contributed by atoms with Gasteiger partial charge in [0.15, 0.2) is 5.82 Å². The van der Waals surface area contributed by atoms with Crippen molar-refractivity contribution in [1.82, 2.24) is 19.9 Å². The number of fused-ring (bicyclic) bond motifs is 2. The van der Waals surface area contributed by atoms with E-state index in [4.69, 9.17) is 15.9 Å². The number of rotatable bonds is 5. The minimum Gasteiger partial charge on any atom is -0.508 e. The number of aromatic nitrogens is 3. The van der Waals surface area contributed by atoms with Gasteiger partial charge in [-0.25, -0.2) is 18.2 Å². The minimum atomic E-state index is -0.955. The van der Waals surface area contributed by atoms with Gasteiger partial charge in [0, 0.05) is 31.0 Å². The Labute approximate surface area is 244 Å². The predicted octanol–water partition coefficient (Wildman–Crippen LogP) is 3.95.